The van der Waals surface area contributed by atoms with Crippen molar-refractivity contribution in [2.24, 2.45) is 27.7 Å². The third kappa shape index (κ3) is 5.16. The normalized spacial score (nSPS) is 33.5. The van der Waals surface area contributed by atoms with E-state index in [9.17, 15) is 5.26 Å². The molecule has 0 spiro atoms. The molecule has 1 aromatic heterocycles. The molecule has 3 fully saturated rings. The van der Waals surface area contributed by atoms with Gasteiger partial charge in [-0.2, -0.15) is 5.26 Å². The number of nitrogens with one attached hydrogen (secondary N) is 1. The lowest BCUT2D eigenvalue weighted by Gasteiger charge is -2.29. The van der Waals surface area contributed by atoms with E-state index in [1.807, 2.05) is 58.2 Å². The van der Waals surface area contributed by atoms with Crippen molar-refractivity contribution in [3.8, 4) is 11.9 Å². The maximum atomic E-state index is 15.2. The van der Waals surface area contributed by atoms with E-state index in [1.54, 1.807) is 12.5 Å². The summed E-state index contributed by atoms with van der Waals surface area (Å²) in [5.74, 6) is 1.95. The fourth-order valence-corrected chi connectivity index (χ4v) is 6.22. The molecule has 1 saturated carbocycles. The first-order valence-corrected chi connectivity index (χ1v) is 14.1. The van der Waals surface area contributed by atoms with Crippen LogP contribution < -0.4 is 10.1 Å². The monoisotopic (exact) mass is 545 g/mol. The van der Waals surface area contributed by atoms with Crippen LogP contribution in [0.3, 0.4) is 0 Å². The molecule has 0 aromatic carbocycles. The van der Waals surface area contributed by atoms with Crippen LogP contribution in [0.2, 0.25) is 0 Å². The summed E-state index contributed by atoms with van der Waals surface area (Å²) in [7, 11) is 1.98. The van der Waals surface area contributed by atoms with Gasteiger partial charge in [0.05, 0.1) is 36.8 Å². The molecule has 9 nitrogen and oxygen atoms in total. The minimum absolute atomic E-state index is 0.0789. The van der Waals surface area contributed by atoms with Crippen LogP contribution in [0.4, 0.5) is 10.1 Å². The quantitative estimate of drug-likeness (QED) is 0.494. The number of nitriles is 1. The molecule has 6 rings (SSSR count). The Morgan fingerprint density at radius 2 is 2.12 bits per heavy atom. The van der Waals surface area contributed by atoms with Crippen LogP contribution in [-0.2, 0) is 4.74 Å². The Balaban J connectivity index is 1.19. The second-order valence-corrected chi connectivity index (χ2v) is 11.3. The standard InChI is InChI=1S/C30H36FN7O2/c1-5-39-26-9-7-22(13-33-26)36-30-29-35-16-34-28(38(29)30)19-6-8-23(17(2)20(10-19)12-32)18(3)40-27-24-11-21(24)14-37(4)15-25(27)31/h6-10,13,16-18,21,24-25,27,29-30,36H,5,11,14-15H2,1-4H3/t17-,18+,21-,24?,25+,27?,29?,30?,38?/m0/s1. The van der Waals surface area contributed by atoms with Crippen molar-refractivity contribution >= 4 is 17.9 Å². The van der Waals surface area contributed by atoms with E-state index in [4.69, 9.17) is 9.47 Å². The number of likely N-dealkylation sites (tertiary alicyclic amines) is 1. The molecule has 2 saturated heterocycles. The number of nitrogens with zero attached hydrogens (tertiary/aromatic N) is 6. The maximum Gasteiger partial charge on any atom is 0.213 e. The summed E-state index contributed by atoms with van der Waals surface area (Å²) >= 11 is 0. The van der Waals surface area contributed by atoms with Gasteiger partial charge in [0.25, 0.3) is 0 Å². The van der Waals surface area contributed by atoms with E-state index in [2.05, 4.69) is 36.2 Å². The highest BCUT2D eigenvalue weighted by Gasteiger charge is 2.52. The number of ether oxygens (including phenoxy) is 2. The average molecular weight is 546 g/mol. The number of halogens is 1. The van der Waals surface area contributed by atoms with Crippen molar-refractivity contribution in [3.63, 3.8) is 0 Å². The third-order valence-corrected chi connectivity index (χ3v) is 8.50. The van der Waals surface area contributed by atoms with Crippen LogP contribution in [0.1, 0.15) is 27.2 Å². The highest BCUT2D eigenvalue weighted by molar-refractivity contribution is 6.07. The smallest absolute Gasteiger partial charge is 0.213 e. The molecule has 1 N–H and O–H groups in total. The van der Waals surface area contributed by atoms with Crippen LogP contribution in [0.5, 0.6) is 5.88 Å². The molecule has 8 atom stereocenters. The van der Waals surface area contributed by atoms with E-state index in [-0.39, 0.29) is 30.3 Å². The van der Waals surface area contributed by atoms with Gasteiger partial charge in [-0.05, 0) is 56.9 Å². The maximum absolute atomic E-state index is 15.2. The molecular formula is C30H36FN7O2. The molecule has 4 unspecified atom stereocenters. The Morgan fingerprint density at radius 3 is 2.88 bits per heavy atom. The molecule has 5 aliphatic rings. The topological polar surface area (TPSA) is 98.1 Å². The molecule has 210 valence electrons. The molecule has 0 radical (unpaired) electrons. The zero-order chi connectivity index (χ0) is 28.0. The van der Waals surface area contributed by atoms with Crippen LogP contribution in [0, 0.1) is 29.1 Å². The number of rotatable bonds is 8. The first-order valence-electron chi connectivity index (χ1n) is 14.1. The van der Waals surface area contributed by atoms with Gasteiger partial charge in [-0.25, -0.2) is 19.4 Å². The lowest BCUT2D eigenvalue weighted by Crippen LogP contribution is -2.37. The molecule has 0 bridgehead atoms. The van der Waals surface area contributed by atoms with E-state index in [1.165, 1.54) is 0 Å². The summed E-state index contributed by atoms with van der Waals surface area (Å²) in [6.07, 6.45) is 8.34. The molecule has 4 heterocycles. The highest BCUT2D eigenvalue weighted by atomic mass is 19.1. The molecule has 10 heteroatoms. The van der Waals surface area contributed by atoms with E-state index in [0.717, 1.165) is 35.6 Å². The van der Waals surface area contributed by atoms with E-state index < -0.39 is 12.3 Å². The fraction of sp³-hybridized carbons (Fsp3) is 0.533. The number of aliphatic imine (C=N–C) groups is 2. The molecule has 1 aromatic rings. The Hall–Kier alpha value is -3.55. The third-order valence-electron chi connectivity index (χ3n) is 8.50. The fourth-order valence-electron chi connectivity index (χ4n) is 6.22. The van der Waals surface area contributed by atoms with E-state index in [0.29, 0.717) is 30.5 Å². The number of alkyl halides is 1. The van der Waals surface area contributed by atoms with Gasteiger partial charge in [0.15, 0.2) is 6.17 Å². The predicted octanol–water partition coefficient (Wildman–Crippen LogP) is 3.95. The molecular weight excluding hydrogens is 509 g/mol. The number of anilines is 1. The predicted molar refractivity (Wildman–Crippen MR) is 152 cm³/mol. The first-order chi connectivity index (χ1) is 19.4. The molecule has 0 amide bonds. The van der Waals surface area contributed by atoms with Gasteiger partial charge in [0, 0.05) is 36.2 Å². The number of hydrogen-bond acceptors (Lipinski definition) is 9. The minimum Gasteiger partial charge on any atom is -0.478 e. The summed E-state index contributed by atoms with van der Waals surface area (Å²) < 4.78 is 27.0. The van der Waals surface area contributed by atoms with Crippen LogP contribution in [0.15, 0.2) is 63.3 Å². The van der Waals surface area contributed by atoms with Crippen LogP contribution in [-0.4, -0.2) is 84.4 Å². The number of hydrogen-bond donors (Lipinski definition) is 1. The van der Waals surface area contributed by atoms with Crippen molar-refractivity contribution in [2.75, 3.05) is 32.1 Å². The van der Waals surface area contributed by atoms with Crippen LogP contribution >= 0.6 is 0 Å². The second-order valence-electron chi connectivity index (χ2n) is 11.3. The summed E-state index contributed by atoms with van der Waals surface area (Å²) in [4.78, 5) is 17.6. The van der Waals surface area contributed by atoms with Crippen molar-refractivity contribution < 1.29 is 13.9 Å². The van der Waals surface area contributed by atoms with Gasteiger partial charge in [0.1, 0.15) is 24.5 Å². The molecule has 40 heavy (non-hydrogen) atoms. The number of aromatic nitrogens is 1. The zero-order valence-corrected chi connectivity index (χ0v) is 23.4. The molecule has 3 aliphatic heterocycles. The van der Waals surface area contributed by atoms with Gasteiger partial charge in [0.2, 0.25) is 5.88 Å². The first kappa shape index (κ1) is 26.7. The lowest BCUT2D eigenvalue weighted by atomic mass is 9.90. The summed E-state index contributed by atoms with van der Waals surface area (Å²) in [5, 5.41) is 13.5. The van der Waals surface area contributed by atoms with E-state index >= 15 is 4.39 Å². The SMILES string of the molecule is CCOc1ccc(NC2C3N=CN=C(C4=CC=C([C@@H](C)OC5C6C[C@H]6CN(C)C[C@H]5F)[C@@H](C)C(C#N)=C4)N32)cn1. The Kier molecular flexibility index (Phi) is 7.19. The summed E-state index contributed by atoms with van der Waals surface area (Å²) in [5.41, 5.74) is 3.27. The second kappa shape index (κ2) is 10.8. The summed E-state index contributed by atoms with van der Waals surface area (Å²) in [6, 6.07) is 6.15. The number of fused-ring (bicyclic) bond motifs is 2. The zero-order valence-electron chi connectivity index (χ0n) is 23.4. The highest BCUT2D eigenvalue weighted by Crippen LogP contribution is 2.47. The average Bonchev–Trinajstić information content (AvgIpc) is 3.86. The van der Waals surface area contributed by atoms with Crippen molar-refractivity contribution in [1.82, 2.24) is 14.8 Å². The Labute approximate surface area is 234 Å². The van der Waals surface area contributed by atoms with Gasteiger partial charge in [-0.3, -0.25) is 0 Å². The number of allylic oxidation sites excluding steroid dienone is 3. The van der Waals surface area contributed by atoms with Crippen LogP contribution in [0.25, 0.3) is 0 Å². The Morgan fingerprint density at radius 1 is 1.27 bits per heavy atom. The van der Waals surface area contributed by atoms with Gasteiger partial charge < -0.3 is 24.6 Å². The van der Waals surface area contributed by atoms with Gasteiger partial charge >= 0.3 is 0 Å². The molecule has 2 aliphatic carbocycles. The van der Waals surface area contributed by atoms with Crippen molar-refractivity contribution in [2.45, 2.75) is 57.9 Å². The lowest BCUT2D eigenvalue weighted by molar-refractivity contribution is -0.0462. The number of amidine groups is 1. The Bertz CT molecular complexity index is 1330. The minimum atomic E-state index is -1.02. The summed E-state index contributed by atoms with van der Waals surface area (Å²) in [6.45, 7) is 7.81. The van der Waals surface area contributed by atoms with Crippen molar-refractivity contribution in [1.29, 1.82) is 5.26 Å². The van der Waals surface area contributed by atoms with Crippen molar-refractivity contribution in [3.05, 3.63) is 53.3 Å². The van der Waals surface area contributed by atoms with Gasteiger partial charge in [-0.15, -0.1) is 0 Å². The largest absolute Gasteiger partial charge is 0.478 e. The van der Waals surface area contributed by atoms with Gasteiger partial charge in [-0.1, -0.05) is 19.1 Å². The number of pyridine rings is 1.